The highest BCUT2D eigenvalue weighted by atomic mass is 79.9. The average molecular weight is 341 g/mol. The van der Waals surface area contributed by atoms with Gasteiger partial charge in [0.2, 0.25) is 0 Å². The molecule has 0 spiro atoms. The van der Waals surface area contributed by atoms with Crippen molar-refractivity contribution in [3.05, 3.63) is 22.2 Å². The van der Waals surface area contributed by atoms with E-state index in [1.807, 2.05) is 13.0 Å². The Morgan fingerprint density at radius 3 is 2.90 bits per heavy atom. The molecule has 0 bridgehead atoms. The standard InChI is InChI=1S/C11H13BrN6O2/c1-3-20-9-5-7(4-8(12)10(9)19-2)6-14-18-11(13)15-16-17-18/h4-6H,3H2,1-2H3,(H2,13,15,17). The van der Waals surface area contributed by atoms with Gasteiger partial charge in [0.1, 0.15) is 0 Å². The molecule has 0 saturated carbocycles. The van der Waals surface area contributed by atoms with E-state index in [9.17, 15) is 0 Å². The highest BCUT2D eigenvalue weighted by Crippen LogP contribution is 2.36. The monoisotopic (exact) mass is 340 g/mol. The van der Waals surface area contributed by atoms with Crippen LogP contribution in [0.2, 0.25) is 0 Å². The van der Waals surface area contributed by atoms with Crippen molar-refractivity contribution >= 4 is 28.1 Å². The molecule has 8 nitrogen and oxygen atoms in total. The maximum Gasteiger partial charge on any atom is 0.263 e. The summed E-state index contributed by atoms with van der Waals surface area (Å²) >= 11 is 3.42. The SMILES string of the molecule is CCOc1cc(C=Nn2nnnc2N)cc(Br)c1OC. The molecule has 106 valence electrons. The zero-order valence-electron chi connectivity index (χ0n) is 10.9. The molecule has 1 aromatic heterocycles. The second-order valence-corrected chi connectivity index (χ2v) is 4.49. The molecule has 0 amide bonds. The molecule has 0 aliphatic heterocycles. The van der Waals surface area contributed by atoms with E-state index < -0.39 is 0 Å². The van der Waals surface area contributed by atoms with Gasteiger partial charge in [0.05, 0.1) is 24.4 Å². The first-order valence-corrected chi connectivity index (χ1v) is 6.53. The summed E-state index contributed by atoms with van der Waals surface area (Å²) in [6.07, 6.45) is 1.57. The molecular formula is C11H13BrN6O2. The number of nitrogen functional groups attached to an aromatic ring is 1. The summed E-state index contributed by atoms with van der Waals surface area (Å²) in [6, 6.07) is 3.64. The number of hydrogen-bond donors (Lipinski definition) is 1. The van der Waals surface area contributed by atoms with E-state index in [-0.39, 0.29) is 5.95 Å². The zero-order chi connectivity index (χ0) is 14.5. The predicted octanol–water partition coefficient (Wildman–Crippen LogP) is 1.31. The van der Waals surface area contributed by atoms with Crippen LogP contribution in [0.15, 0.2) is 21.7 Å². The Hall–Kier alpha value is -2.16. The molecule has 0 radical (unpaired) electrons. The molecule has 0 aliphatic rings. The van der Waals surface area contributed by atoms with E-state index in [0.717, 1.165) is 14.8 Å². The maximum absolute atomic E-state index is 5.52. The molecule has 0 atom stereocenters. The summed E-state index contributed by atoms with van der Waals surface area (Å²) in [4.78, 5) is 1.12. The number of nitrogens with two attached hydrogens (primary N) is 1. The lowest BCUT2D eigenvalue weighted by Gasteiger charge is -2.11. The van der Waals surface area contributed by atoms with Crippen molar-refractivity contribution < 1.29 is 9.47 Å². The second-order valence-electron chi connectivity index (χ2n) is 3.64. The summed E-state index contributed by atoms with van der Waals surface area (Å²) in [5.41, 5.74) is 6.30. The Balaban J connectivity index is 2.33. The number of benzene rings is 1. The van der Waals surface area contributed by atoms with Crippen molar-refractivity contribution in [1.29, 1.82) is 0 Å². The van der Waals surface area contributed by atoms with Gasteiger partial charge in [-0.05, 0) is 51.0 Å². The Bertz CT molecular complexity index is 627. The van der Waals surface area contributed by atoms with Gasteiger partial charge in [-0.15, -0.1) is 0 Å². The van der Waals surface area contributed by atoms with Gasteiger partial charge in [-0.3, -0.25) is 0 Å². The van der Waals surface area contributed by atoms with Crippen LogP contribution in [-0.2, 0) is 0 Å². The first kappa shape index (κ1) is 14.3. The van der Waals surface area contributed by atoms with Gasteiger partial charge in [-0.25, -0.2) is 0 Å². The molecule has 0 aliphatic carbocycles. The van der Waals surface area contributed by atoms with Crippen molar-refractivity contribution in [2.45, 2.75) is 6.92 Å². The van der Waals surface area contributed by atoms with Crippen LogP contribution < -0.4 is 15.2 Å². The van der Waals surface area contributed by atoms with Gasteiger partial charge in [0.25, 0.3) is 5.95 Å². The van der Waals surface area contributed by atoms with Gasteiger partial charge >= 0.3 is 0 Å². The van der Waals surface area contributed by atoms with Crippen molar-refractivity contribution in [1.82, 2.24) is 20.3 Å². The number of halogens is 1. The largest absolute Gasteiger partial charge is 0.492 e. The van der Waals surface area contributed by atoms with E-state index in [1.54, 1.807) is 19.4 Å². The molecule has 0 saturated heterocycles. The third-order valence-electron chi connectivity index (χ3n) is 2.33. The lowest BCUT2D eigenvalue weighted by atomic mass is 10.2. The predicted molar refractivity (Wildman–Crippen MR) is 77.1 cm³/mol. The molecule has 1 heterocycles. The molecular weight excluding hydrogens is 328 g/mol. The van der Waals surface area contributed by atoms with Crippen molar-refractivity contribution in [3.8, 4) is 11.5 Å². The van der Waals surface area contributed by atoms with Crippen molar-refractivity contribution in [2.24, 2.45) is 5.10 Å². The van der Waals surface area contributed by atoms with Gasteiger partial charge in [-0.2, -0.15) is 5.10 Å². The minimum Gasteiger partial charge on any atom is -0.492 e. The van der Waals surface area contributed by atoms with E-state index in [0.29, 0.717) is 18.1 Å². The van der Waals surface area contributed by atoms with Crippen LogP contribution in [0.4, 0.5) is 5.95 Å². The van der Waals surface area contributed by atoms with Gasteiger partial charge < -0.3 is 15.2 Å². The van der Waals surface area contributed by atoms with E-state index in [2.05, 4.69) is 36.6 Å². The summed E-state index contributed by atoms with van der Waals surface area (Å²) in [5, 5.41) is 14.6. The Morgan fingerprint density at radius 2 is 2.30 bits per heavy atom. The van der Waals surface area contributed by atoms with Gasteiger partial charge in [-0.1, -0.05) is 9.89 Å². The molecule has 2 N–H and O–H groups in total. The van der Waals surface area contributed by atoms with Crippen molar-refractivity contribution in [3.63, 3.8) is 0 Å². The number of rotatable bonds is 5. The number of nitrogens with zero attached hydrogens (tertiary/aromatic N) is 5. The van der Waals surface area contributed by atoms with Crippen LogP contribution in [0.25, 0.3) is 0 Å². The quantitative estimate of drug-likeness (QED) is 0.823. The molecule has 2 rings (SSSR count). The fraction of sp³-hybridized carbons (Fsp3) is 0.273. The number of tetrazole rings is 1. The minimum absolute atomic E-state index is 0.110. The van der Waals surface area contributed by atoms with Gasteiger partial charge in [0.15, 0.2) is 11.5 Å². The number of ether oxygens (including phenoxy) is 2. The third-order valence-corrected chi connectivity index (χ3v) is 2.92. The highest BCUT2D eigenvalue weighted by molar-refractivity contribution is 9.10. The van der Waals surface area contributed by atoms with E-state index >= 15 is 0 Å². The summed E-state index contributed by atoms with van der Waals surface area (Å²) < 4.78 is 11.6. The molecule has 0 unspecified atom stereocenters. The number of anilines is 1. The first-order valence-electron chi connectivity index (χ1n) is 5.74. The fourth-order valence-corrected chi connectivity index (χ4v) is 2.14. The number of aromatic nitrogens is 4. The van der Waals surface area contributed by atoms with Crippen LogP contribution in [-0.4, -0.2) is 40.2 Å². The summed E-state index contributed by atoms with van der Waals surface area (Å²) in [6.45, 7) is 2.43. The number of hydrogen-bond acceptors (Lipinski definition) is 7. The normalized spacial score (nSPS) is 10.9. The van der Waals surface area contributed by atoms with E-state index in [4.69, 9.17) is 15.2 Å². The minimum atomic E-state index is 0.110. The van der Waals surface area contributed by atoms with Crippen molar-refractivity contribution in [2.75, 3.05) is 19.5 Å². The smallest absolute Gasteiger partial charge is 0.263 e. The molecule has 0 fully saturated rings. The number of methoxy groups -OCH3 is 1. The lowest BCUT2D eigenvalue weighted by Crippen LogP contribution is -2.01. The Morgan fingerprint density at radius 1 is 1.50 bits per heavy atom. The Kier molecular flexibility index (Phi) is 4.51. The summed E-state index contributed by atoms with van der Waals surface area (Å²) in [5.74, 6) is 1.36. The van der Waals surface area contributed by atoms with Gasteiger partial charge in [0, 0.05) is 0 Å². The Labute approximate surface area is 123 Å². The third kappa shape index (κ3) is 3.05. The second kappa shape index (κ2) is 6.33. The first-order chi connectivity index (χ1) is 9.65. The van der Waals surface area contributed by atoms with E-state index in [1.165, 1.54) is 0 Å². The topological polar surface area (TPSA) is 100 Å². The highest BCUT2D eigenvalue weighted by Gasteiger charge is 2.10. The zero-order valence-corrected chi connectivity index (χ0v) is 12.5. The lowest BCUT2D eigenvalue weighted by molar-refractivity contribution is 0.310. The van der Waals surface area contributed by atoms with Crippen LogP contribution in [0.5, 0.6) is 11.5 Å². The molecule has 1 aromatic carbocycles. The average Bonchev–Trinajstić information content (AvgIpc) is 2.82. The van der Waals surface area contributed by atoms with Crippen LogP contribution in [0.1, 0.15) is 12.5 Å². The maximum atomic E-state index is 5.52. The molecule has 2 aromatic rings. The molecule has 20 heavy (non-hydrogen) atoms. The summed E-state index contributed by atoms with van der Waals surface area (Å²) in [7, 11) is 1.58. The molecule has 9 heteroatoms. The van der Waals surface area contributed by atoms with Crippen LogP contribution >= 0.6 is 15.9 Å². The fourth-order valence-electron chi connectivity index (χ4n) is 1.52. The van der Waals surface area contributed by atoms with Crippen LogP contribution in [0.3, 0.4) is 0 Å². The van der Waals surface area contributed by atoms with Crippen LogP contribution in [0, 0.1) is 0 Å².